The lowest BCUT2D eigenvalue weighted by molar-refractivity contribution is 0.102. The molecular formula is C28H21Cl2NO4. The van der Waals surface area contributed by atoms with Crippen molar-refractivity contribution in [3.8, 4) is 11.5 Å². The SMILES string of the molecule is COc1ccc(C(=O)Nc2ccc(Cl)cc2C(=O)c2ccccc2)cc1COc1ccc(Cl)cc1. The van der Waals surface area contributed by atoms with E-state index in [0.29, 0.717) is 49.5 Å². The first kappa shape index (κ1) is 24.3. The molecule has 0 heterocycles. The fraction of sp³-hybridized carbons (Fsp3) is 0.0714. The first-order valence-electron chi connectivity index (χ1n) is 10.7. The molecule has 0 radical (unpaired) electrons. The predicted molar refractivity (Wildman–Crippen MR) is 138 cm³/mol. The van der Waals surface area contributed by atoms with Crippen molar-refractivity contribution in [3.05, 3.63) is 123 Å². The van der Waals surface area contributed by atoms with Gasteiger partial charge in [-0.05, 0) is 60.7 Å². The van der Waals surface area contributed by atoms with Crippen molar-refractivity contribution in [2.45, 2.75) is 6.61 Å². The monoisotopic (exact) mass is 505 g/mol. The molecule has 4 aromatic rings. The maximum Gasteiger partial charge on any atom is 0.255 e. The molecule has 0 saturated heterocycles. The van der Waals surface area contributed by atoms with Crippen LogP contribution in [-0.2, 0) is 6.61 Å². The number of carbonyl (C=O) groups excluding carboxylic acids is 2. The molecule has 4 aromatic carbocycles. The van der Waals surface area contributed by atoms with Gasteiger partial charge in [0.1, 0.15) is 18.1 Å². The Morgan fingerprint density at radius 3 is 2.23 bits per heavy atom. The van der Waals surface area contributed by atoms with Gasteiger partial charge in [-0.2, -0.15) is 0 Å². The Hall–Kier alpha value is -3.80. The Kier molecular flexibility index (Phi) is 7.70. The molecule has 176 valence electrons. The molecule has 35 heavy (non-hydrogen) atoms. The van der Waals surface area contributed by atoms with Crippen molar-refractivity contribution < 1.29 is 19.1 Å². The zero-order valence-corrected chi connectivity index (χ0v) is 20.3. The normalized spacial score (nSPS) is 10.5. The van der Waals surface area contributed by atoms with E-state index in [2.05, 4.69) is 5.32 Å². The van der Waals surface area contributed by atoms with Gasteiger partial charge < -0.3 is 14.8 Å². The van der Waals surface area contributed by atoms with E-state index in [1.54, 1.807) is 92.0 Å². The fourth-order valence-corrected chi connectivity index (χ4v) is 3.78. The summed E-state index contributed by atoms with van der Waals surface area (Å²) in [6.07, 6.45) is 0. The van der Waals surface area contributed by atoms with Crippen LogP contribution in [0.3, 0.4) is 0 Å². The minimum Gasteiger partial charge on any atom is -0.496 e. The Morgan fingerprint density at radius 1 is 0.800 bits per heavy atom. The maximum atomic E-state index is 13.1. The van der Waals surface area contributed by atoms with E-state index in [-0.39, 0.29) is 18.3 Å². The van der Waals surface area contributed by atoms with Crippen LogP contribution in [0.25, 0.3) is 0 Å². The highest BCUT2D eigenvalue weighted by Gasteiger charge is 2.18. The van der Waals surface area contributed by atoms with Crippen LogP contribution in [0, 0.1) is 0 Å². The lowest BCUT2D eigenvalue weighted by atomic mass is 10.0. The van der Waals surface area contributed by atoms with E-state index in [1.807, 2.05) is 6.07 Å². The number of carbonyl (C=O) groups is 2. The van der Waals surface area contributed by atoms with E-state index in [4.69, 9.17) is 32.7 Å². The molecule has 4 rings (SSSR count). The van der Waals surface area contributed by atoms with Crippen LogP contribution in [0.2, 0.25) is 10.0 Å². The third-order valence-electron chi connectivity index (χ3n) is 5.26. The number of nitrogens with one attached hydrogen (secondary N) is 1. The Labute approximate surface area is 213 Å². The summed E-state index contributed by atoms with van der Waals surface area (Å²) in [5, 5.41) is 3.84. The molecule has 0 atom stereocenters. The molecule has 0 unspecified atom stereocenters. The summed E-state index contributed by atoms with van der Waals surface area (Å²) in [5.41, 5.74) is 2.23. The van der Waals surface area contributed by atoms with Gasteiger partial charge in [-0.15, -0.1) is 0 Å². The number of rotatable bonds is 8. The summed E-state index contributed by atoms with van der Waals surface area (Å²) in [5.74, 6) is 0.596. The number of hydrogen-bond donors (Lipinski definition) is 1. The number of anilines is 1. The van der Waals surface area contributed by atoms with Gasteiger partial charge in [-0.1, -0.05) is 53.5 Å². The minimum atomic E-state index is -0.384. The Bertz CT molecular complexity index is 1360. The average Bonchev–Trinajstić information content (AvgIpc) is 2.89. The summed E-state index contributed by atoms with van der Waals surface area (Å²) >= 11 is 12.1. The number of benzene rings is 4. The quantitative estimate of drug-likeness (QED) is 0.260. The van der Waals surface area contributed by atoms with E-state index >= 15 is 0 Å². The average molecular weight is 506 g/mol. The second-order valence-electron chi connectivity index (χ2n) is 7.61. The van der Waals surface area contributed by atoms with Crippen molar-refractivity contribution >= 4 is 40.6 Å². The zero-order valence-electron chi connectivity index (χ0n) is 18.8. The molecular weight excluding hydrogens is 485 g/mol. The van der Waals surface area contributed by atoms with Crippen LogP contribution in [0.15, 0.2) is 91.0 Å². The summed E-state index contributed by atoms with van der Waals surface area (Å²) in [6.45, 7) is 0.185. The predicted octanol–water partition coefficient (Wildman–Crippen LogP) is 7.06. The van der Waals surface area contributed by atoms with Gasteiger partial charge in [0.2, 0.25) is 0 Å². The third kappa shape index (κ3) is 6.01. The Balaban J connectivity index is 1.57. The number of amides is 1. The first-order chi connectivity index (χ1) is 16.9. The molecule has 0 saturated carbocycles. The maximum absolute atomic E-state index is 13.1. The van der Waals surface area contributed by atoms with Crippen molar-refractivity contribution in [1.29, 1.82) is 0 Å². The summed E-state index contributed by atoms with van der Waals surface area (Å²) < 4.78 is 11.3. The van der Waals surface area contributed by atoms with Gasteiger partial charge in [0.25, 0.3) is 5.91 Å². The molecule has 0 aliphatic carbocycles. The van der Waals surface area contributed by atoms with E-state index in [0.717, 1.165) is 0 Å². The Morgan fingerprint density at radius 2 is 1.51 bits per heavy atom. The molecule has 0 bridgehead atoms. The van der Waals surface area contributed by atoms with E-state index < -0.39 is 0 Å². The third-order valence-corrected chi connectivity index (χ3v) is 5.75. The van der Waals surface area contributed by atoms with Crippen molar-refractivity contribution in [1.82, 2.24) is 0 Å². The number of methoxy groups -OCH3 is 1. The smallest absolute Gasteiger partial charge is 0.255 e. The molecule has 1 amide bonds. The van der Waals surface area contributed by atoms with Gasteiger partial charge in [-0.25, -0.2) is 0 Å². The largest absolute Gasteiger partial charge is 0.496 e. The molecule has 1 N–H and O–H groups in total. The molecule has 0 fully saturated rings. The van der Waals surface area contributed by atoms with Crippen molar-refractivity contribution in [3.63, 3.8) is 0 Å². The lowest BCUT2D eigenvalue weighted by Gasteiger charge is -2.14. The summed E-state index contributed by atoms with van der Waals surface area (Å²) in [7, 11) is 1.55. The summed E-state index contributed by atoms with van der Waals surface area (Å²) in [4.78, 5) is 26.2. The number of ether oxygens (including phenoxy) is 2. The topological polar surface area (TPSA) is 64.6 Å². The van der Waals surface area contributed by atoms with Gasteiger partial charge >= 0.3 is 0 Å². The molecule has 5 nitrogen and oxygen atoms in total. The standard InChI is InChI=1S/C28H21Cl2NO4/c1-34-26-14-7-19(15-20(26)17-35-23-11-8-21(29)9-12-23)28(33)31-25-13-10-22(30)16-24(25)27(32)18-5-3-2-4-6-18/h2-16H,17H2,1H3,(H,31,33). The van der Waals surface area contributed by atoms with Gasteiger partial charge in [0.05, 0.1) is 12.8 Å². The van der Waals surface area contributed by atoms with Crippen molar-refractivity contribution in [2.24, 2.45) is 0 Å². The van der Waals surface area contributed by atoms with Crippen LogP contribution in [0.1, 0.15) is 31.8 Å². The zero-order chi connectivity index (χ0) is 24.8. The molecule has 0 aromatic heterocycles. The molecule has 0 spiro atoms. The van der Waals surface area contributed by atoms with E-state index in [1.165, 1.54) is 0 Å². The second kappa shape index (κ2) is 11.1. The van der Waals surface area contributed by atoms with Crippen LogP contribution in [-0.4, -0.2) is 18.8 Å². The lowest BCUT2D eigenvalue weighted by Crippen LogP contribution is -2.16. The highest BCUT2D eigenvalue weighted by Crippen LogP contribution is 2.26. The van der Waals surface area contributed by atoms with Gasteiger partial charge in [0.15, 0.2) is 5.78 Å². The minimum absolute atomic E-state index is 0.185. The first-order valence-corrected chi connectivity index (χ1v) is 11.5. The molecule has 7 heteroatoms. The molecule has 0 aliphatic rings. The molecule has 0 aliphatic heterocycles. The van der Waals surface area contributed by atoms with Gasteiger partial charge in [-0.3, -0.25) is 9.59 Å². The highest BCUT2D eigenvalue weighted by atomic mass is 35.5. The van der Waals surface area contributed by atoms with Crippen LogP contribution < -0.4 is 14.8 Å². The fourth-order valence-electron chi connectivity index (χ4n) is 3.48. The van der Waals surface area contributed by atoms with Crippen molar-refractivity contribution in [2.75, 3.05) is 12.4 Å². The number of ketones is 1. The number of halogens is 2. The number of hydrogen-bond acceptors (Lipinski definition) is 4. The van der Waals surface area contributed by atoms with Crippen LogP contribution in [0.4, 0.5) is 5.69 Å². The summed E-state index contributed by atoms with van der Waals surface area (Å²) in [6, 6.07) is 25.6. The second-order valence-corrected chi connectivity index (χ2v) is 8.48. The van der Waals surface area contributed by atoms with Crippen LogP contribution >= 0.6 is 23.2 Å². The van der Waals surface area contributed by atoms with E-state index in [9.17, 15) is 9.59 Å². The highest BCUT2D eigenvalue weighted by molar-refractivity contribution is 6.31. The van der Waals surface area contributed by atoms with Crippen LogP contribution in [0.5, 0.6) is 11.5 Å². The van der Waals surface area contributed by atoms with Gasteiger partial charge in [0, 0.05) is 32.3 Å².